The zero-order valence-corrected chi connectivity index (χ0v) is 22.9. The van der Waals surface area contributed by atoms with Gasteiger partial charge in [0.25, 0.3) is 0 Å². The van der Waals surface area contributed by atoms with Gasteiger partial charge in [0, 0.05) is 67.8 Å². The largest absolute Gasteiger partial charge is 0.491 e. The van der Waals surface area contributed by atoms with Crippen LogP contribution in [0.3, 0.4) is 0 Å². The average Bonchev–Trinajstić information content (AvgIpc) is 3.45. The number of carbonyl (C=O) groups is 1. The molecule has 0 aromatic carbocycles. The maximum absolute atomic E-state index is 12.0. The lowest BCUT2D eigenvalue weighted by Gasteiger charge is -2.56. The van der Waals surface area contributed by atoms with Crippen LogP contribution in [0.2, 0.25) is 0 Å². The summed E-state index contributed by atoms with van der Waals surface area (Å²) in [5.74, 6) is 2.14. The number of methoxy groups -OCH3 is 1. The number of hydrogen-bond donors (Lipinski definition) is 1. The highest BCUT2D eigenvalue weighted by atomic mass is 16.5. The smallest absolute Gasteiger partial charge is 0.231 e. The molecule has 0 radical (unpaired) electrons. The molecule has 8 heterocycles. The Labute approximate surface area is 237 Å². The first-order valence-electron chi connectivity index (χ1n) is 13.7. The van der Waals surface area contributed by atoms with Gasteiger partial charge in [0.1, 0.15) is 24.2 Å². The second kappa shape index (κ2) is 9.74. The summed E-state index contributed by atoms with van der Waals surface area (Å²) in [6.07, 6.45) is 8.24. The third kappa shape index (κ3) is 4.40. The third-order valence-corrected chi connectivity index (χ3v) is 8.55. The zero-order chi connectivity index (χ0) is 28.1. The van der Waals surface area contributed by atoms with E-state index in [4.69, 9.17) is 14.5 Å². The molecule has 4 aromatic heterocycles. The minimum atomic E-state index is -0.545. The lowest BCUT2D eigenvalue weighted by atomic mass is 9.84. The van der Waals surface area contributed by atoms with Crippen molar-refractivity contribution in [2.45, 2.75) is 32.0 Å². The number of β-lactam (4-membered cyclic amide) rings is 1. The van der Waals surface area contributed by atoms with Crippen molar-refractivity contribution in [1.82, 2.24) is 29.8 Å². The van der Waals surface area contributed by atoms with Crippen molar-refractivity contribution < 1.29 is 14.3 Å². The molecule has 4 aliphatic rings. The van der Waals surface area contributed by atoms with E-state index in [2.05, 4.69) is 37.3 Å². The number of nitriles is 1. The molecular formula is C30H30N8O3. The number of piperidine rings is 1. The van der Waals surface area contributed by atoms with Crippen molar-refractivity contribution in [2.75, 3.05) is 38.3 Å². The predicted molar refractivity (Wildman–Crippen MR) is 150 cm³/mol. The number of aromatic nitrogens is 4. The predicted octanol–water partition coefficient (Wildman–Crippen LogP) is 2.65. The molecular weight excluding hydrogens is 520 g/mol. The molecule has 0 aliphatic carbocycles. The van der Waals surface area contributed by atoms with Crippen molar-refractivity contribution >= 4 is 17.2 Å². The molecule has 3 unspecified atom stereocenters. The van der Waals surface area contributed by atoms with Crippen LogP contribution in [0, 0.1) is 16.7 Å². The lowest BCUT2D eigenvalue weighted by Crippen LogP contribution is -2.68. The van der Waals surface area contributed by atoms with Crippen molar-refractivity contribution in [3.05, 3.63) is 66.2 Å². The third-order valence-electron chi connectivity index (χ3n) is 8.55. The number of amides is 1. The molecule has 8 rings (SSSR count). The number of nitrogens with zero attached hydrogens (tertiary/aromatic N) is 7. The molecule has 4 aliphatic heterocycles. The Hall–Kier alpha value is -4.69. The van der Waals surface area contributed by atoms with E-state index >= 15 is 0 Å². The van der Waals surface area contributed by atoms with Gasteiger partial charge >= 0.3 is 0 Å². The lowest BCUT2D eigenvalue weighted by molar-refractivity contribution is -0.140. The highest BCUT2D eigenvalue weighted by Gasteiger charge is 2.45. The van der Waals surface area contributed by atoms with Crippen LogP contribution >= 0.6 is 0 Å². The fraction of sp³-hybridized carbons (Fsp3) is 0.367. The standard InChI is InChI=1S/C30H30N8O3/c1-30(17-34-29(30)39)18-41-24-8-25(28-21(9-31)12-35-38(28)16-24)20-4-5-26(32-11-20)36-14-22-7-23(15-36)37(22)13-19-3-6-27(40-2)33-10-19/h3-6,8,10-12,16,22-23H,7,13-15,17-18H2,1-2H3,(H,34,39). The molecule has 0 spiro atoms. The van der Waals surface area contributed by atoms with Crippen LogP contribution in [0.1, 0.15) is 24.5 Å². The van der Waals surface area contributed by atoms with Crippen LogP contribution in [-0.4, -0.2) is 75.8 Å². The molecule has 11 heteroatoms. The number of hydrogen-bond acceptors (Lipinski definition) is 9. The van der Waals surface area contributed by atoms with Gasteiger partial charge in [-0.3, -0.25) is 9.69 Å². The highest BCUT2D eigenvalue weighted by molar-refractivity contribution is 5.88. The summed E-state index contributed by atoms with van der Waals surface area (Å²) < 4.78 is 12.9. The van der Waals surface area contributed by atoms with E-state index in [1.165, 1.54) is 12.0 Å². The van der Waals surface area contributed by atoms with Gasteiger partial charge < -0.3 is 19.7 Å². The van der Waals surface area contributed by atoms with Gasteiger partial charge in [0.05, 0.1) is 36.0 Å². The van der Waals surface area contributed by atoms with Crippen LogP contribution in [0.25, 0.3) is 16.6 Å². The number of carbonyl (C=O) groups excluding carboxylic acids is 1. The molecule has 3 atom stereocenters. The molecule has 4 aromatic rings. The van der Waals surface area contributed by atoms with Crippen LogP contribution in [-0.2, 0) is 11.3 Å². The first kappa shape index (κ1) is 25.3. The minimum Gasteiger partial charge on any atom is -0.491 e. The van der Waals surface area contributed by atoms with Gasteiger partial charge in [-0.15, -0.1) is 0 Å². The maximum Gasteiger partial charge on any atom is 0.231 e. The summed E-state index contributed by atoms with van der Waals surface area (Å²) in [6.45, 7) is 5.46. The van der Waals surface area contributed by atoms with Crippen LogP contribution in [0.4, 0.5) is 5.82 Å². The molecule has 2 bridgehead atoms. The number of nitrogens with one attached hydrogen (secondary N) is 1. The summed E-state index contributed by atoms with van der Waals surface area (Å²) in [5, 5.41) is 16.9. The van der Waals surface area contributed by atoms with Crippen molar-refractivity contribution in [3.8, 4) is 28.8 Å². The molecule has 1 amide bonds. The van der Waals surface area contributed by atoms with E-state index in [1.807, 2.05) is 43.6 Å². The Morgan fingerprint density at radius 1 is 1.15 bits per heavy atom. The number of pyridine rings is 3. The Balaban J connectivity index is 1.08. The van der Waals surface area contributed by atoms with E-state index in [1.54, 1.807) is 24.0 Å². The van der Waals surface area contributed by atoms with Gasteiger partial charge in [-0.1, -0.05) is 6.07 Å². The van der Waals surface area contributed by atoms with Gasteiger partial charge in [-0.05, 0) is 37.1 Å². The van der Waals surface area contributed by atoms with Crippen LogP contribution < -0.4 is 19.7 Å². The van der Waals surface area contributed by atoms with E-state index < -0.39 is 5.41 Å². The molecule has 0 saturated carbocycles. The van der Waals surface area contributed by atoms with Gasteiger partial charge in [-0.25, -0.2) is 14.5 Å². The SMILES string of the molecule is COc1ccc(CN2C3CC2CN(c2ccc(-c4cc(OCC5(C)CNC5=O)cn5ncc(C#N)c45)cn2)C3)cn1. The summed E-state index contributed by atoms with van der Waals surface area (Å²) in [7, 11) is 1.63. The maximum atomic E-state index is 12.0. The van der Waals surface area contributed by atoms with Gasteiger partial charge in [0.15, 0.2) is 0 Å². The van der Waals surface area contributed by atoms with E-state index in [0.29, 0.717) is 41.3 Å². The topological polar surface area (TPSA) is 121 Å². The van der Waals surface area contributed by atoms with E-state index in [0.717, 1.165) is 36.6 Å². The first-order chi connectivity index (χ1) is 19.9. The fourth-order valence-electron chi connectivity index (χ4n) is 6.00. The second-order valence-electron chi connectivity index (χ2n) is 11.3. The summed E-state index contributed by atoms with van der Waals surface area (Å²) in [4.78, 5) is 26.0. The Morgan fingerprint density at radius 3 is 2.63 bits per heavy atom. The minimum absolute atomic E-state index is 0.0133. The van der Waals surface area contributed by atoms with Crippen molar-refractivity contribution in [1.29, 1.82) is 5.26 Å². The van der Waals surface area contributed by atoms with Crippen molar-refractivity contribution in [3.63, 3.8) is 0 Å². The zero-order valence-electron chi connectivity index (χ0n) is 22.9. The normalized spacial score (nSPS) is 23.3. The van der Waals surface area contributed by atoms with Gasteiger partial charge in [0.2, 0.25) is 11.8 Å². The second-order valence-corrected chi connectivity index (χ2v) is 11.3. The summed E-state index contributed by atoms with van der Waals surface area (Å²) >= 11 is 0. The number of rotatable bonds is 8. The molecule has 41 heavy (non-hydrogen) atoms. The Morgan fingerprint density at radius 2 is 2.00 bits per heavy atom. The highest BCUT2D eigenvalue weighted by Crippen LogP contribution is 2.37. The average molecular weight is 551 g/mol. The number of piperazine rings is 1. The van der Waals surface area contributed by atoms with Crippen LogP contribution in [0.5, 0.6) is 11.6 Å². The number of anilines is 1. The van der Waals surface area contributed by atoms with E-state index in [9.17, 15) is 10.1 Å². The van der Waals surface area contributed by atoms with Crippen LogP contribution in [0.15, 0.2) is 55.1 Å². The molecule has 4 fully saturated rings. The summed E-state index contributed by atoms with van der Waals surface area (Å²) in [5.41, 5.74) is 3.49. The molecule has 1 N–H and O–H groups in total. The van der Waals surface area contributed by atoms with Crippen molar-refractivity contribution in [2.24, 2.45) is 5.41 Å². The van der Waals surface area contributed by atoms with E-state index in [-0.39, 0.29) is 12.5 Å². The Bertz CT molecular complexity index is 1650. The fourth-order valence-corrected chi connectivity index (χ4v) is 6.00. The molecule has 208 valence electrons. The summed E-state index contributed by atoms with van der Waals surface area (Å²) in [6, 6.07) is 13.2. The van der Waals surface area contributed by atoms with Gasteiger partial charge in [-0.2, -0.15) is 10.4 Å². The monoisotopic (exact) mass is 550 g/mol. The first-order valence-corrected chi connectivity index (χ1v) is 13.7. The quantitative estimate of drug-likeness (QED) is 0.330. The molecule has 4 saturated heterocycles. The number of fused-ring (bicyclic) bond motifs is 3. The number of ether oxygens (including phenoxy) is 2. The molecule has 11 nitrogen and oxygen atoms in total. The Kier molecular flexibility index (Phi) is 6.01.